The third kappa shape index (κ3) is 3.16. The minimum atomic E-state index is -3.65. The molecule has 1 aliphatic carbocycles. The van der Waals surface area contributed by atoms with Gasteiger partial charge in [0.05, 0.1) is 23.1 Å². The highest BCUT2D eigenvalue weighted by Crippen LogP contribution is 2.47. The summed E-state index contributed by atoms with van der Waals surface area (Å²) >= 11 is 0. The van der Waals surface area contributed by atoms with Gasteiger partial charge >= 0.3 is 0 Å². The van der Waals surface area contributed by atoms with Crippen LogP contribution in [-0.2, 0) is 16.6 Å². The van der Waals surface area contributed by atoms with Crippen LogP contribution in [-0.4, -0.2) is 19.8 Å². The molecule has 23 heavy (non-hydrogen) atoms. The Hall–Kier alpha value is -2.10. The zero-order valence-corrected chi connectivity index (χ0v) is 13.9. The second kappa shape index (κ2) is 5.84. The minimum Gasteiger partial charge on any atom is -0.464 e. The number of hydrogen-bond donors (Lipinski definition) is 0. The normalized spacial score (nSPS) is 20.4. The average molecular weight is 330 g/mol. The molecule has 3 rings (SSSR count). The summed E-state index contributed by atoms with van der Waals surface area (Å²) in [6.07, 6.45) is 1.13. The Morgan fingerprint density at radius 3 is 2.74 bits per heavy atom. The van der Waals surface area contributed by atoms with Crippen molar-refractivity contribution in [3.05, 3.63) is 53.5 Å². The lowest BCUT2D eigenvalue weighted by atomic mass is 10.2. The SMILES string of the molecule is C[C@@H]1C[C@H]1c1ccc(CN(C)S(=O)(=O)c2cccc(C#N)c2)o1. The van der Waals surface area contributed by atoms with Crippen LogP contribution in [0, 0.1) is 17.2 Å². The minimum absolute atomic E-state index is 0.113. The van der Waals surface area contributed by atoms with Crippen LogP contribution in [0.2, 0.25) is 0 Å². The van der Waals surface area contributed by atoms with E-state index < -0.39 is 10.0 Å². The third-order valence-electron chi connectivity index (χ3n) is 4.21. The van der Waals surface area contributed by atoms with Gasteiger partial charge in [0, 0.05) is 13.0 Å². The standard InChI is InChI=1S/C17H18N2O3S/c1-12-8-16(12)17-7-6-14(22-17)11-19(2)23(20,21)15-5-3-4-13(9-15)10-18/h3-7,9,12,16H,8,11H2,1-2H3/t12-,16-/m1/s1. The van der Waals surface area contributed by atoms with E-state index in [1.807, 2.05) is 18.2 Å². The first kappa shape index (κ1) is 15.8. The molecule has 0 N–H and O–H groups in total. The van der Waals surface area contributed by atoms with E-state index in [1.54, 1.807) is 12.1 Å². The molecular formula is C17H18N2O3S. The van der Waals surface area contributed by atoms with E-state index in [0.717, 1.165) is 12.2 Å². The van der Waals surface area contributed by atoms with Crippen molar-refractivity contribution >= 4 is 10.0 Å². The van der Waals surface area contributed by atoms with E-state index in [-0.39, 0.29) is 11.4 Å². The summed E-state index contributed by atoms with van der Waals surface area (Å²) in [4.78, 5) is 0.113. The van der Waals surface area contributed by atoms with Crippen LogP contribution in [0.5, 0.6) is 0 Å². The highest BCUT2D eigenvalue weighted by atomic mass is 32.2. The van der Waals surface area contributed by atoms with E-state index >= 15 is 0 Å². The van der Waals surface area contributed by atoms with Gasteiger partial charge in [0.25, 0.3) is 0 Å². The van der Waals surface area contributed by atoms with Crippen molar-refractivity contribution in [1.29, 1.82) is 5.26 Å². The summed E-state index contributed by atoms with van der Waals surface area (Å²) in [5.74, 6) is 2.67. The molecule has 1 saturated carbocycles. The molecule has 0 amide bonds. The summed E-state index contributed by atoms with van der Waals surface area (Å²) in [5, 5.41) is 8.91. The second-order valence-electron chi connectivity index (χ2n) is 6.02. The molecule has 2 aromatic rings. The number of sulfonamides is 1. The Kier molecular flexibility index (Phi) is 4.00. The largest absolute Gasteiger partial charge is 0.464 e. The van der Waals surface area contributed by atoms with Crippen LogP contribution in [0.4, 0.5) is 0 Å². The Labute approximate surface area is 136 Å². The Morgan fingerprint density at radius 2 is 2.09 bits per heavy atom. The van der Waals surface area contributed by atoms with Crippen LogP contribution in [0.3, 0.4) is 0 Å². The maximum Gasteiger partial charge on any atom is 0.243 e. The van der Waals surface area contributed by atoms with Gasteiger partial charge in [0.15, 0.2) is 0 Å². The number of nitrogens with zero attached hydrogens (tertiary/aromatic N) is 2. The molecule has 2 atom stereocenters. The van der Waals surface area contributed by atoms with Gasteiger partial charge in [-0.2, -0.15) is 9.57 Å². The lowest BCUT2D eigenvalue weighted by molar-refractivity contribution is 0.390. The van der Waals surface area contributed by atoms with Gasteiger partial charge in [-0.25, -0.2) is 8.42 Å². The van der Waals surface area contributed by atoms with Gasteiger partial charge in [-0.3, -0.25) is 0 Å². The van der Waals surface area contributed by atoms with Crippen LogP contribution in [0.25, 0.3) is 0 Å². The summed E-state index contributed by atoms with van der Waals surface area (Å²) in [6, 6.07) is 11.7. The van der Waals surface area contributed by atoms with Gasteiger partial charge in [-0.15, -0.1) is 0 Å². The van der Waals surface area contributed by atoms with Crippen LogP contribution in [0.15, 0.2) is 45.7 Å². The predicted molar refractivity (Wildman–Crippen MR) is 85.0 cm³/mol. The Morgan fingerprint density at radius 1 is 1.35 bits per heavy atom. The maximum atomic E-state index is 12.6. The maximum absolute atomic E-state index is 12.6. The van der Waals surface area contributed by atoms with Crippen molar-refractivity contribution in [3.63, 3.8) is 0 Å². The smallest absolute Gasteiger partial charge is 0.243 e. The Bertz CT molecular complexity index is 864. The van der Waals surface area contributed by atoms with Crippen molar-refractivity contribution < 1.29 is 12.8 Å². The highest BCUT2D eigenvalue weighted by molar-refractivity contribution is 7.89. The molecule has 5 nitrogen and oxygen atoms in total. The van der Waals surface area contributed by atoms with Crippen LogP contribution in [0.1, 0.15) is 36.3 Å². The zero-order valence-electron chi connectivity index (χ0n) is 13.1. The molecule has 0 saturated heterocycles. The van der Waals surface area contributed by atoms with Crippen molar-refractivity contribution in [2.45, 2.75) is 30.7 Å². The van der Waals surface area contributed by atoms with E-state index in [1.165, 1.54) is 23.5 Å². The second-order valence-corrected chi connectivity index (χ2v) is 8.07. The summed E-state index contributed by atoms with van der Waals surface area (Å²) in [5.41, 5.74) is 0.322. The molecule has 120 valence electrons. The number of furan rings is 1. The zero-order chi connectivity index (χ0) is 16.6. The molecule has 1 aliphatic rings. The molecule has 1 fully saturated rings. The number of rotatable bonds is 5. The lowest BCUT2D eigenvalue weighted by Crippen LogP contribution is -2.26. The number of nitriles is 1. The first-order chi connectivity index (χ1) is 10.9. The first-order valence-corrected chi connectivity index (χ1v) is 8.91. The van der Waals surface area contributed by atoms with Crippen molar-refractivity contribution in [2.75, 3.05) is 7.05 Å². The third-order valence-corrected chi connectivity index (χ3v) is 6.01. The van der Waals surface area contributed by atoms with Crippen LogP contribution < -0.4 is 0 Å². The molecule has 6 heteroatoms. The van der Waals surface area contributed by atoms with Crippen molar-refractivity contribution in [1.82, 2.24) is 4.31 Å². The number of hydrogen-bond acceptors (Lipinski definition) is 4. The van der Waals surface area contributed by atoms with Gasteiger partial charge in [0.2, 0.25) is 10.0 Å². The fourth-order valence-electron chi connectivity index (χ4n) is 2.61. The highest BCUT2D eigenvalue weighted by Gasteiger charge is 2.36. The van der Waals surface area contributed by atoms with Gasteiger partial charge in [0.1, 0.15) is 11.5 Å². The van der Waals surface area contributed by atoms with Gasteiger partial charge in [-0.05, 0) is 42.7 Å². The molecule has 0 bridgehead atoms. The molecule has 1 heterocycles. The fourth-order valence-corrected chi connectivity index (χ4v) is 3.79. The van der Waals surface area contributed by atoms with E-state index in [2.05, 4.69) is 6.92 Å². The van der Waals surface area contributed by atoms with Gasteiger partial charge in [-0.1, -0.05) is 13.0 Å². The molecule has 0 unspecified atom stereocenters. The van der Waals surface area contributed by atoms with Gasteiger partial charge < -0.3 is 4.42 Å². The predicted octanol–water partition coefficient (Wildman–Crippen LogP) is 3.10. The van der Waals surface area contributed by atoms with Crippen LogP contribution >= 0.6 is 0 Å². The molecular weight excluding hydrogens is 312 g/mol. The van der Waals surface area contributed by atoms with E-state index in [4.69, 9.17) is 9.68 Å². The monoisotopic (exact) mass is 330 g/mol. The lowest BCUT2D eigenvalue weighted by Gasteiger charge is -2.16. The summed E-state index contributed by atoms with van der Waals surface area (Å²) in [7, 11) is -2.14. The first-order valence-electron chi connectivity index (χ1n) is 7.47. The molecule has 1 aromatic heterocycles. The molecule has 0 aliphatic heterocycles. The summed E-state index contributed by atoms with van der Waals surface area (Å²) < 4.78 is 32.2. The fraction of sp³-hybridized carbons (Fsp3) is 0.353. The van der Waals surface area contributed by atoms with E-state index in [9.17, 15) is 8.42 Å². The van der Waals surface area contributed by atoms with Crippen molar-refractivity contribution in [2.24, 2.45) is 5.92 Å². The Balaban J connectivity index is 1.77. The average Bonchev–Trinajstić information content (AvgIpc) is 3.09. The topological polar surface area (TPSA) is 74.3 Å². The summed E-state index contributed by atoms with van der Waals surface area (Å²) in [6.45, 7) is 2.34. The molecule has 0 radical (unpaired) electrons. The molecule has 1 aromatic carbocycles. The molecule has 0 spiro atoms. The number of benzene rings is 1. The van der Waals surface area contributed by atoms with E-state index in [0.29, 0.717) is 23.2 Å². The van der Waals surface area contributed by atoms with Crippen molar-refractivity contribution in [3.8, 4) is 6.07 Å². The quantitative estimate of drug-likeness (QED) is 0.844.